The summed E-state index contributed by atoms with van der Waals surface area (Å²) >= 11 is 7.03. The van der Waals surface area contributed by atoms with Crippen molar-refractivity contribution in [2.24, 2.45) is 5.41 Å². The normalized spacial score (nSPS) is 22.8. The fraction of sp³-hybridized carbons (Fsp3) is 0.536. The van der Waals surface area contributed by atoms with Crippen molar-refractivity contribution in [1.82, 2.24) is 24.9 Å². The highest BCUT2D eigenvalue weighted by Crippen LogP contribution is 2.56. The Morgan fingerprint density at radius 2 is 1.97 bits per heavy atom. The lowest BCUT2D eigenvalue weighted by Crippen LogP contribution is -2.63. The van der Waals surface area contributed by atoms with Crippen molar-refractivity contribution in [3.8, 4) is 11.1 Å². The van der Waals surface area contributed by atoms with Crippen molar-refractivity contribution >= 4 is 34.2 Å². The summed E-state index contributed by atoms with van der Waals surface area (Å²) in [5, 5.41) is 24.9. The molecule has 1 aromatic carbocycles. The van der Waals surface area contributed by atoms with E-state index in [0.29, 0.717) is 12.8 Å². The van der Waals surface area contributed by atoms with Crippen LogP contribution in [0.15, 0.2) is 24.9 Å². The highest BCUT2D eigenvalue weighted by Gasteiger charge is 2.54. The number of hydrogen-bond acceptors (Lipinski definition) is 5. The quantitative estimate of drug-likeness (QED) is 0.481. The standard InChI is InChI=1S/C28H35ClN6O2/c1-6-22(37)33-14-28(15-33)10-18(11-28)35-17(3)23(24-20-13-30-31-21(20)9-16(2)25(24)29)26(32-35)34-8-7-19(36)12-27(34,4)5/h6,9,13,18-19,36H,1,7-8,10-12,14-15H2,2-5H3,(H,30,31). The second kappa shape index (κ2) is 8.33. The zero-order valence-electron chi connectivity index (χ0n) is 22.0. The predicted octanol–water partition coefficient (Wildman–Crippen LogP) is 4.79. The van der Waals surface area contributed by atoms with Gasteiger partial charge < -0.3 is 14.9 Å². The van der Waals surface area contributed by atoms with Crippen LogP contribution in [-0.2, 0) is 4.79 Å². The third kappa shape index (κ3) is 3.71. The minimum Gasteiger partial charge on any atom is -0.393 e. The van der Waals surface area contributed by atoms with Gasteiger partial charge in [-0.15, -0.1) is 0 Å². The number of carbonyl (C=O) groups excluding carboxylic acids is 1. The SMILES string of the molecule is C=CC(=O)N1CC2(CC(n3nc(N4CCC(O)CC4(C)C)c(-c4c(Cl)c(C)cc5[nH]ncc45)c3C)C2)C1. The summed E-state index contributed by atoms with van der Waals surface area (Å²) in [5.41, 5.74) is 4.97. The summed E-state index contributed by atoms with van der Waals surface area (Å²) in [6.45, 7) is 14.5. The molecule has 3 aromatic rings. The summed E-state index contributed by atoms with van der Waals surface area (Å²) < 4.78 is 2.19. The number of aromatic nitrogens is 4. The molecule has 1 aliphatic carbocycles. The maximum atomic E-state index is 12.0. The van der Waals surface area contributed by atoms with E-state index in [1.165, 1.54) is 6.08 Å². The second-order valence-electron chi connectivity index (χ2n) is 12.0. The number of rotatable bonds is 4. The average molecular weight is 523 g/mol. The van der Waals surface area contributed by atoms with Crippen LogP contribution in [0.25, 0.3) is 22.0 Å². The third-order valence-electron chi connectivity index (χ3n) is 8.88. The number of amides is 1. The zero-order chi connectivity index (χ0) is 26.3. The maximum Gasteiger partial charge on any atom is 0.245 e. The first-order valence-electron chi connectivity index (χ1n) is 13.1. The Kier molecular flexibility index (Phi) is 5.52. The monoisotopic (exact) mass is 522 g/mol. The summed E-state index contributed by atoms with van der Waals surface area (Å²) in [4.78, 5) is 16.2. The first-order valence-corrected chi connectivity index (χ1v) is 13.5. The molecule has 2 saturated heterocycles. The third-order valence-corrected chi connectivity index (χ3v) is 9.36. The van der Waals surface area contributed by atoms with Gasteiger partial charge in [-0.2, -0.15) is 10.2 Å². The molecule has 1 amide bonds. The molecule has 0 radical (unpaired) electrons. The van der Waals surface area contributed by atoms with Gasteiger partial charge >= 0.3 is 0 Å². The van der Waals surface area contributed by atoms with Crippen molar-refractivity contribution in [1.29, 1.82) is 0 Å². The number of nitrogens with zero attached hydrogens (tertiary/aromatic N) is 5. The lowest BCUT2D eigenvalue weighted by atomic mass is 9.60. The summed E-state index contributed by atoms with van der Waals surface area (Å²) in [5.74, 6) is 0.934. The van der Waals surface area contributed by atoms with E-state index in [1.807, 2.05) is 24.1 Å². The van der Waals surface area contributed by atoms with Gasteiger partial charge in [0.25, 0.3) is 0 Å². The van der Waals surface area contributed by atoms with E-state index in [2.05, 4.69) is 47.1 Å². The number of benzene rings is 1. The van der Waals surface area contributed by atoms with Crippen LogP contribution in [0.4, 0.5) is 5.82 Å². The molecule has 4 heterocycles. The van der Waals surface area contributed by atoms with Crippen LogP contribution in [0.3, 0.4) is 0 Å². The Morgan fingerprint density at radius 1 is 1.24 bits per heavy atom. The molecule has 2 N–H and O–H groups in total. The number of aromatic amines is 1. The second-order valence-corrected chi connectivity index (χ2v) is 12.4. The number of hydrogen-bond donors (Lipinski definition) is 2. The minimum absolute atomic E-state index is 0.0154. The van der Waals surface area contributed by atoms with Crippen LogP contribution in [0.2, 0.25) is 5.02 Å². The maximum absolute atomic E-state index is 12.0. The topological polar surface area (TPSA) is 90.3 Å². The van der Waals surface area contributed by atoms with Crippen LogP contribution in [0.5, 0.6) is 0 Å². The van der Waals surface area contributed by atoms with Crippen molar-refractivity contribution in [2.75, 3.05) is 24.5 Å². The van der Waals surface area contributed by atoms with E-state index < -0.39 is 0 Å². The molecule has 3 aliphatic rings. The highest BCUT2D eigenvalue weighted by molar-refractivity contribution is 6.36. The fourth-order valence-electron chi connectivity index (χ4n) is 6.97. The lowest BCUT2D eigenvalue weighted by Gasteiger charge is -2.58. The molecule has 37 heavy (non-hydrogen) atoms. The molecule has 2 aliphatic heterocycles. The summed E-state index contributed by atoms with van der Waals surface area (Å²) in [7, 11) is 0. The number of fused-ring (bicyclic) bond motifs is 1. The molecule has 3 fully saturated rings. The lowest BCUT2D eigenvalue weighted by molar-refractivity contribution is -0.149. The fourth-order valence-corrected chi connectivity index (χ4v) is 7.22. The number of H-pyrrole nitrogens is 1. The molecule has 1 unspecified atom stereocenters. The minimum atomic E-state index is -0.313. The number of halogens is 1. The van der Waals surface area contributed by atoms with Crippen LogP contribution >= 0.6 is 11.6 Å². The molecule has 6 rings (SSSR count). The smallest absolute Gasteiger partial charge is 0.245 e. The number of aliphatic hydroxyl groups is 1. The average Bonchev–Trinajstić information content (AvgIpc) is 3.36. The van der Waals surface area contributed by atoms with Crippen LogP contribution in [-0.4, -0.2) is 67.2 Å². The van der Waals surface area contributed by atoms with E-state index in [-0.39, 0.29) is 29.0 Å². The van der Waals surface area contributed by atoms with Crippen LogP contribution < -0.4 is 4.90 Å². The Morgan fingerprint density at radius 3 is 2.65 bits per heavy atom. The molecular weight excluding hydrogens is 488 g/mol. The predicted molar refractivity (Wildman–Crippen MR) is 146 cm³/mol. The molecule has 1 atom stereocenters. The summed E-state index contributed by atoms with van der Waals surface area (Å²) in [6.07, 6.45) is 6.32. The van der Waals surface area contributed by atoms with Crippen molar-refractivity contribution in [3.05, 3.63) is 41.2 Å². The van der Waals surface area contributed by atoms with Gasteiger partial charge in [-0.3, -0.25) is 14.6 Å². The molecular formula is C28H35ClN6O2. The van der Waals surface area contributed by atoms with Crippen molar-refractivity contribution in [2.45, 2.75) is 71.1 Å². The molecule has 1 spiro atoms. The molecule has 9 heteroatoms. The molecule has 8 nitrogen and oxygen atoms in total. The number of carbonyl (C=O) groups is 1. The Balaban J connectivity index is 1.44. The molecule has 0 bridgehead atoms. The first kappa shape index (κ1) is 24.5. The van der Waals surface area contributed by atoms with Gasteiger partial charge in [0, 0.05) is 52.8 Å². The molecule has 196 valence electrons. The van der Waals surface area contributed by atoms with Gasteiger partial charge in [0.2, 0.25) is 5.91 Å². The van der Waals surface area contributed by atoms with Gasteiger partial charge in [-0.1, -0.05) is 18.2 Å². The van der Waals surface area contributed by atoms with Gasteiger partial charge in [-0.25, -0.2) is 0 Å². The zero-order valence-corrected chi connectivity index (χ0v) is 22.8. The van der Waals surface area contributed by atoms with E-state index in [9.17, 15) is 9.90 Å². The van der Waals surface area contributed by atoms with E-state index >= 15 is 0 Å². The van der Waals surface area contributed by atoms with E-state index in [1.54, 1.807) is 0 Å². The molecule has 2 aromatic heterocycles. The number of aryl methyl sites for hydroxylation is 1. The number of nitrogens with one attached hydrogen (secondary N) is 1. The molecule has 1 saturated carbocycles. The number of likely N-dealkylation sites (tertiary alicyclic amines) is 1. The van der Waals surface area contributed by atoms with E-state index in [0.717, 1.165) is 76.6 Å². The van der Waals surface area contributed by atoms with Crippen molar-refractivity contribution in [3.63, 3.8) is 0 Å². The van der Waals surface area contributed by atoms with Gasteiger partial charge in [0.1, 0.15) is 0 Å². The van der Waals surface area contributed by atoms with Gasteiger partial charge in [0.15, 0.2) is 5.82 Å². The van der Waals surface area contributed by atoms with Gasteiger partial charge in [0.05, 0.1) is 28.9 Å². The Bertz CT molecular complexity index is 1410. The van der Waals surface area contributed by atoms with Crippen LogP contribution in [0.1, 0.15) is 56.8 Å². The Labute approximate surface area is 222 Å². The number of piperidine rings is 1. The number of aliphatic hydroxyl groups excluding tert-OH is 1. The largest absolute Gasteiger partial charge is 0.393 e. The highest BCUT2D eigenvalue weighted by atomic mass is 35.5. The van der Waals surface area contributed by atoms with Gasteiger partial charge in [-0.05, 0) is 71.1 Å². The first-order chi connectivity index (χ1) is 17.5. The Hall–Kier alpha value is -2.84. The van der Waals surface area contributed by atoms with Crippen molar-refractivity contribution < 1.29 is 9.90 Å². The van der Waals surface area contributed by atoms with E-state index in [4.69, 9.17) is 16.7 Å². The van der Waals surface area contributed by atoms with Crippen LogP contribution in [0, 0.1) is 19.3 Å². The number of anilines is 1. The summed E-state index contributed by atoms with van der Waals surface area (Å²) in [6, 6.07) is 2.31.